The zero-order valence-corrected chi connectivity index (χ0v) is 14.1. The van der Waals surface area contributed by atoms with Crippen LogP contribution in [-0.4, -0.2) is 14.3 Å². The molecular weight excluding hydrogens is 387 g/mol. The molecule has 1 amide bonds. The molecule has 0 aromatic heterocycles. The summed E-state index contributed by atoms with van der Waals surface area (Å²) in [5.74, 6) is -0.928. The molecule has 0 spiro atoms. The Morgan fingerprint density at radius 3 is 2.43 bits per heavy atom. The summed E-state index contributed by atoms with van der Waals surface area (Å²) in [5, 5.41) is 7.51. The van der Waals surface area contributed by atoms with Crippen molar-refractivity contribution < 1.29 is 17.6 Å². The van der Waals surface area contributed by atoms with Crippen LogP contribution in [0.25, 0.3) is 6.08 Å². The number of nitrogens with one attached hydrogen (secondary N) is 1. The van der Waals surface area contributed by atoms with Crippen LogP contribution in [0.2, 0.25) is 0 Å². The molecule has 0 radical (unpaired) electrons. The van der Waals surface area contributed by atoms with Crippen molar-refractivity contribution in [3.63, 3.8) is 0 Å². The number of sulfonamides is 1. The molecule has 0 aliphatic rings. The molecule has 0 heterocycles. The van der Waals surface area contributed by atoms with Crippen molar-refractivity contribution >= 4 is 43.6 Å². The first kappa shape index (κ1) is 17.3. The van der Waals surface area contributed by atoms with Crippen molar-refractivity contribution in [1.82, 2.24) is 0 Å². The average Bonchev–Trinajstić information content (AvgIpc) is 2.48. The van der Waals surface area contributed by atoms with E-state index in [1.54, 1.807) is 12.1 Å². The van der Waals surface area contributed by atoms with Gasteiger partial charge in [0.25, 0.3) is 0 Å². The second-order valence-electron chi connectivity index (χ2n) is 4.56. The second kappa shape index (κ2) is 7.03. The molecule has 2 aromatic carbocycles. The van der Waals surface area contributed by atoms with Gasteiger partial charge in [0, 0.05) is 21.8 Å². The Morgan fingerprint density at radius 2 is 1.83 bits per heavy atom. The molecular formula is C15H12BrFN2O3S. The van der Waals surface area contributed by atoms with Crippen molar-refractivity contribution in [3.8, 4) is 0 Å². The van der Waals surface area contributed by atoms with Gasteiger partial charge in [-0.25, -0.2) is 17.9 Å². The zero-order valence-electron chi connectivity index (χ0n) is 11.7. The Morgan fingerprint density at radius 1 is 1.17 bits per heavy atom. The van der Waals surface area contributed by atoms with E-state index in [9.17, 15) is 17.6 Å². The molecule has 0 saturated carbocycles. The first-order chi connectivity index (χ1) is 10.8. The van der Waals surface area contributed by atoms with Gasteiger partial charge < -0.3 is 5.32 Å². The molecule has 3 N–H and O–H groups in total. The number of halogens is 2. The predicted molar refractivity (Wildman–Crippen MR) is 89.6 cm³/mol. The van der Waals surface area contributed by atoms with Gasteiger partial charge in [0.2, 0.25) is 15.9 Å². The largest absolute Gasteiger partial charge is 0.323 e. The molecule has 120 valence electrons. The molecule has 8 heteroatoms. The number of hydrogen-bond donors (Lipinski definition) is 2. The van der Waals surface area contributed by atoms with Crippen molar-refractivity contribution in [3.05, 3.63) is 64.4 Å². The summed E-state index contributed by atoms with van der Waals surface area (Å²) in [4.78, 5) is 11.7. The number of benzene rings is 2. The monoisotopic (exact) mass is 398 g/mol. The third-order valence-electron chi connectivity index (χ3n) is 2.82. The van der Waals surface area contributed by atoms with Gasteiger partial charge in [-0.15, -0.1) is 0 Å². The summed E-state index contributed by atoms with van der Waals surface area (Å²) in [7, 11) is -3.78. The van der Waals surface area contributed by atoms with E-state index in [4.69, 9.17) is 5.14 Å². The topological polar surface area (TPSA) is 89.3 Å². The maximum atomic E-state index is 13.5. The molecule has 23 heavy (non-hydrogen) atoms. The quantitative estimate of drug-likeness (QED) is 0.775. The van der Waals surface area contributed by atoms with E-state index in [0.29, 0.717) is 10.2 Å². The van der Waals surface area contributed by atoms with Crippen molar-refractivity contribution in [2.75, 3.05) is 5.32 Å². The van der Waals surface area contributed by atoms with Gasteiger partial charge in [0.1, 0.15) is 5.82 Å². The van der Waals surface area contributed by atoms with Gasteiger partial charge in [-0.2, -0.15) is 0 Å². The third kappa shape index (κ3) is 4.98. The Kier molecular flexibility index (Phi) is 5.30. The summed E-state index contributed by atoms with van der Waals surface area (Å²) in [5.41, 5.74) is 0.654. The minimum Gasteiger partial charge on any atom is -0.323 e. The van der Waals surface area contributed by atoms with Gasteiger partial charge in [-0.05, 0) is 48.5 Å². The number of nitrogens with two attached hydrogens (primary N) is 1. The normalized spacial score (nSPS) is 11.6. The summed E-state index contributed by atoms with van der Waals surface area (Å²) in [6, 6.07) is 9.76. The number of amides is 1. The predicted octanol–water partition coefficient (Wildman–Crippen LogP) is 2.89. The molecule has 0 atom stereocenters. The number of carbonyl (C=O) groups is 1. The standard InChI is InChI=1S/C15H12BrFN2O3S/c16-11-2-7-14(17)10(9-11)1-8-15(20)19-12-3-5-13(6-4-12)23(18,21)22/h1-9H,(H,19,20)(H2,18,21,22)/b8-1+. The molecule has 0 fully saturated rings. The van der Waals surface area contributed by atoms with Crippen LogP contribution >= 0.6 is 15.9 Å². The van der Waals surface area contributed by atoms with Crippen LogP contribution in [0.5, 0.6) is 0 Å². The molecule has 0 bridgehead atoms. The van der Waals surface area contributed by atoms with Gasteiger partial charge in [0.05, 0.1) is 4.90 Å². The molecule has 0 unspecified atom stereocenters. The molecule has 5 nitrogen and oxygen atoms in total. The Balaban J connectivity index is 2.07. The zero-order chi connectivity index (χ0) is 17.0. The van der Waals surface area contributed by atoms with Crippen LogP contribution in [0.4, 0.5) is 10.1 Å². The number of primary sulfonamides is 1. The van der Waals surface area contributed by atoms with Gasteiger partial charge in [0.15, 0.2) is 0 Å². The number of rotatable bonds is 4. The van der Waals surface area contributed by atoms with Crippen LogP contribution in [0.3, 0.4) is 0 Å². The fraction of sp³-hybridized carbons (Fsp3) is 0. The molecule has 2 aromatic rings. The molecule has 0 saturated heterocycles. The van der Waals surface area contributed by atoms with Gasteiger partial charge >= 0.3 is 0 Å². The summed E-state index contributed by atoms with van der Waals surface area (Å²) >= 11 is 3.22. The Hall–Kier alpha value is -2.03. The van der Waals surface area contributed by atoms with Crippen LogP contribution in [-0.2, 0) is 14.8 Å². The lowest BCUT2D eigenvalue weighted by Crippen LogP contribution is -2.12. The number of carbonyl (C=O) groups excluding carboxylic acids is 1. The fourth-order valence-corrected chi connectivity index (χ4v) is 2.61. The summed E-state index contributed by atoms with van der Waals surface area (Å²) in [6.45, 7) is 0. The van der Waals surface area contributed by atoms with E-state index in [-0.39, 0.29) is 10.5 Å². The van der Waals surface area contributed by atoms with E-state index in [2.05, 4.69) is 21.2 Å². The van der Waals surface area contributed by atoms with Gasteiger partial charge in [-0.1, -0.05) is 15.9 Å². The van der Waals surface area contributed by atoms with E-state index >= 15 is 0 Å². The molecule has 2 rings (SSSR count). The highest BCUT2D eigenvalue weighted by Crippen LogP contribution is 2.17. The first-order valence-corrected chi connectivity index (χ1v) is 8.66. The van der Waals surface area contributed by atoms with Crippen molar-refractivity contribution in [2.45, 2.75) is 4.90 Å². The minimum absolute atomic E-state index is 0.0535. The first-order valence-electron chi connectivity index (χ1n) is 6.33. The molecule has 0 aliphatic heterocycles. The second-order valence-corrected chi connectivity index (χ2v) is 7.03. The highest BCUT2D eigenvalue weighted by molar-refractivity contribution is 9.10. The summed E-state index contributed by atoms with van der Waals surface area (Å²) in [6.07, 6.45) is 2.52. The lowest BCUT2D eigenvalue weighted by molar-refractivity contribution is -0.111. The van der Waals surface area contributed by atoms with Crippen LogP contribution in [0.1, 0.15) is 5.56 Å². The maximum Gasteiger partial charge on any atom is 0.248 e. The Labute approximate surface area is 141 Å². The number of anilines is 1. The summed E-state index contributed by atoms with van der Waals surface area (Å²) < 4.78 is 36.5. The SMILES string of the molecule is NS(=O)(=O)c1ccc(NC(=O)/C=C/c2cc(Br)ccc2F)cc1. The van der Waals surface area contributed by atoms with Crippen LogP contribution in [0.15, 0.2) is 57.9 Å². The maximum absolute atomic E-state index is 13.5. The fourth-order valence-electron chi connectivity index (χ4n) is 1.72. The highest BCUT2D eigenvalue weighted by Gasteiger charge is 2.07. The third-order valence-corrected chi connectivity index (χ3v) is 4.25. The van der Waals surface area contributed by atoms with Gasteiger partial charge in [-0.3, -0.25) is 4.79 Å². The van der Waals surface area contributed by atoms with E-state index < -0.39 is 21.7 Å². The van der Waals surface area contributed by atoms with E-state index in [0.717, 1.165) is 0 Å². The number of hydrogen-bond acceptors (Lipinski definition) is 3. The minimum atomic E-state index is -3.78. The highest BCUT2D eigenvalue weighted by atomic mass is 79.9. The lowest BCUT2D eigenvalue weighted by Gasteiger charge is -2.03. The molecule has 0 aliphatic carbocycles. The average molecular weight is 399 g/mol. The Bertz CT molecular complexity index is 865. The van der Waals surface area contributed by atoms with E-state index in [1.165, 1.54) is 42.5 Å². The van der Waals surface area contributed by atoms with Crippen LogP contribution in [0, 0.1) is 5.82 Å². The van der Waals surface area contributed by atoms with E-state index in [1.807, 2.05) is 0 Å². The smallest absolute Gasteiger partial charge is 0.248 e. The van der Waals surface area contributed by atoms with Crippen molar-refractivity contribution in [1.29, 1.82) is 0 Å². The van der Waals surface area contributed by atoms with Crippen molar-refractivity contribution in [2.24, 2.45) is 5.14 Å². The lowest BCUT2D eigenvalue weighted by atomic mass is 10.2. The van der Waals surface area contributed by atoms with Crippen LogP contribution < -0.4 is 10.5 Å².